The first-order chi connectivity index (χ1) is 41.0. The molecule has 0 aromatic carbocycles. The van der Waals surface area contributed by atoms with Crippen LogP contribution < -0.4 is 0 Å². The average molecular weight is 1220 g/mol. The average Bonchev–Trinajstić information content (AvgIpc) is 3.52. The SMILES string of the molecule is CCC(C)(C)C(=O)OCCOCCOCCOCCOCCOCCOCCOCCOCCOCCOCCOCCOCCOCCOCCOCCOCCOCCOCCOCCOCCOCCOCCOCCOCCO. The fourth-order valence-corrected chi connectivity index (χ4v) is 5.76. The number of aliphatic hydroxyl groups excluding tert-OH is 1. The van der Waals surface area contributed by atoms with Crippen LogP contribution in [0.5, 0.6) is 0 Å². The van der Waals surface area contributed by atoms with E-state index in [1.807, 2.05) is 20.8 Å². The molecule has 498 valence electrons. The maximum atomic E-state index is 11.9. The van der Waals surface area contributed by atoms with Crippen LogP contribution in [0.3, 0.4) is 0 Å². The van der Waals surface area contributed by atoms with Gasteiger partial charge >= 0.3 is 5.97 Å². The molecule has 0 radical (unpaired) electrons. The molecule has 83 heavy (non-hydrogen) atoms. The molecule has 0 bridgehead atoms. The fraction of sp³-hybridized carbons (Fsp3) is 0.982. The molecule has 0 atom stereocenters. The van der Waals surface area contributed by atoms with Crippen LogP contribution in [0, 0.1) is 5.41 Å². The molecule has 27 nitrogen and oxygen atoms in total. The summed E-state index contributed by atoms with van der Waals surface area (Å²) < 4.78 is 137. The third-order valence-corrected chi connectivity index (χ3v) is 10.7. The summed E-state index contributed by atoms with van der Waals surface area (Å²) in [5.41, 5.74) is -0.467. The lowest BCUT2D eigenvalue weighted by atomic mass is 9.91. The number of carbonyl (C=O) groups is 1. The third kappa shape index (κ3) is 71.1. The van der Waals surface area contributed by atoms with Gasteiger partial charge in [-0.3, -0.25) is 4.79 Å². The molecule has 0 unspecified atom stereocenters. The van der Waals surface area contributed by atoms with Gasteiger partial charge in [-0.1, -0.05) is 6.92 Å². The maximum Gasteiger partial charge on any atom is 0.311 e. The predicted octanol–water partition coefficient (Wildman–Crippen LogP) is 1.36. The van der Waals surface area contributed by atoms with Crippen molar-refractivity contribution in [2.24, 2.45) is 5.41 Å². The first-order valence-electron chi connectivity index (χ1n) is 29.7. The largest absolute Gasteiger partial charge is 0.463 e. The third-order valence-electron chi connectivity index (χ3n) is 10.7. The normalized spacial score (nSPS) is 11.9. The van der Waals surface area contributed by atoms with Crippen molar-refractivity contribution < 1.29 is 128 Å². The minimum Gasteiger partial charge on any atom is -0.463 e. The summed E-state index contributed by atoms with van der Waals surface area (Å²) in [6, 6.07) is 0. The molecule has 0 aromatic rings. The summed E-state index contributed by atoms with van der Waals surface area (Å²) in [5.74, 6) is -0.206. The van der Waals surface area contributed by atoms with Gasteiger partial charge in [0.15, 0.2) is 0 Å². The van der Waals surface area contributed by atoms with E-state index in [-0.39, 0.29) is 19.2 Å². The van der Waals surface area contributed by atoms with E-state index in [4.69, 9.17) is 124 Å². The zero-order valence-corrected chi connectivity index (χ0v) is 51.1. The van der Waals surface area contributed by atoms with Crippen molar-refractivity contribution in [3.8, 4) is 0 Å². The van der Waals surface area contributed by atoms with Crippen molar-refractivity contribution >= 4 is 5.97 Å². The van der Waals surface area contributed by atoms with Crippen LogP contribution in [0.25, 0.3) is 0 Å². The first-order valence-corrected chi connectivity index (χ1v) is 29.7. The summed E-state index contributed by atoms with van der Waals surface area (Å²) in [6.45, 7) is 28.7. The quantitative estimate of drug-likeness (QED) is 0.0665. The van der Waals surface area contributed by atoms with E-state index in [2.05, 4.69) is 0 Å². The topological polar surface area (TPSA) is 268 Å². The van der Waals surface area contributed by atoms with E-state index in [1.165, 1.54) is 0 Å². The molecule has 0 spiro atoms. The zero-order chi connectivity index (χ0) is 59.8. The van der Waals surface area contributed by atoms with Crippen LogP contribution >= 0.6 is 0 Å². The lowest BCUT2D eigenvalue weighted by Gasteiger charge is -2.20. The van der Waals surface area contributed by atoms with Gasteiger partial charge in [-0.15, -0.1) is 0 Å². The van der Waals surface area contributed by atoms with Crippen molar-refractivity contribution in [1.29, 1.82) is 0 Å². The second-order valence-electron chi connectivity index (χ2n) is 17.8. The predicted molar refractivity (Wildman–Crippen MR) is 302 cm³/mol. The van der Waals surface area contributed by atoms with Crippen LogP contribution in [0.1, 0.15) is 27.2 Å². The molecule has 0 fully saturated rings. The van der Waals surface area contributed by atoms with Crippen molar-refractivity contribution in [2.45, 2.75) is 27.2 Å². The van der Waals surface area contributed by atoms with Crippen molar-refractivity contribution in [1.82, 2.24) is 0 Å². The molecule has 1 N–H and O–H groups in total. The van der Waals surface area contributed by atoms with Gasteiger partial charge in [0, 0.05) is 0 Å². The maximum absolute atomic E-state index is 11.9. The molecule has 27 heteroatoms. The number of ether oxygens (including phenoxy) is 25. The molecule has 0 saturated heterocycles. The molecule has 0 aliphatic carbocycles. The highest BCUT2D eigenvalue weighted by molar-refractivity contribution is 5.75. The van der Waals surface area contributed by atoms with Gasteiger partial charge in [0.05, 0.1) is 329 Å². The number of aliphatic hydroxyl groups is 1. The molecule has 0 heterocycles. The van der Waals surface area contributed by atoms with E-state index in [9.17, 15) is 4.79 Å². The standard InChI is InChI=1S/C56H112O27/c1-4-56(2,3)55(58)83-54-53-82-52-51-81-50-49-80-48-47-79-46-45-78-44-43-77-42-41-76-40-39-75-38-37-74-36-35-73-34-33-72-32-31-71-30-29-70-28-27-69-26-25-68-24-23-67-22-21-66-20-19-65-18-17-64-16-15-63-14-13-62-12-11-61-10-9-60-8-7-59-6-5-57/h57H,4-54H2,1-3H3. The van der Waals surface area contributed by atoms with Gasteiger partial charge in [0.2, 0.25) is 0 Å². The Balaban J connectivity index is 3.10. The van der Waals surface area contributed by atoms with Crippen LogP contribution in [0.15, 0.2) is 0 Å². The Morgan fingerprint density at radius 3 is 0.434 bits per heavy atom. The van der Waals surface area contributed by atoms with Gasteiger partial charge < -0.3 is 124 Å². The Hall–Kier alpha value is -1.53. The van der Waals surface area contributed by atoms with E-state index in [0.29, 0.717) is 317 Å². The highest BCUT2D eigenvalue weighted by atomic mass is 16.6. The van der Waals surface area contributed by atoms with Gasteiger partial charge in [-0.2, -0.15) is 0 Å². The number of carbonyl (C=O) groups excluding carboxylic acids is 1. The molecular formula is C56H112O27. The summed E-state index contributed by atoms with van der Waals surface area (Å²) >= 11 is 0. The molecule has 0 rings (SSSR count). The van der Waals surface area contributed by atoms with E-state index < -0.39 is 5.41 Å². The molecule has 0 aliphatic heterocycles. The van der Waals surface area contributed by atoms with E-state index in [0.717, 1.165) is 6.42 Å². The lowest BCUT2D eigenvalue weighted by molar-refractivity contribution is -0.155. The van der Waals surface area contributed by atoms with Crippen molar-refractivity contribution in [3.63, 3.8) is 0 Å². The second kappa shape index (κ2) is 72.9. The fourth-order valence-electron chi connectivity index (χ4n) is 5.76. The van der Waals surface area contributed by atoms with E-state index in [1.54, 1.807) is 0 Å². The van der Waals surface area contributed by atoms with Gasteiger partial charge in [0.25, 0.3) is 0 Å². The zero-order valence-electron chi connectivity index (χ0n) is 51.1. The summed E-state index contributed by atoms with van der Waals surface area (Å²) in [5, 5.41) is 8.61. The van der Waals surface area contributed by atoms with Crippen LogP contribution in [-0.2, 0) is 123 Å². The van der Waals surface area contributed by atoms with Crippen LogP contribution in [0.4, 0.5) is 0 Å². The number of esters is 1. The summed E-state index contributed by atoms with van der Waals surface area (Å²) in [4.78, 5) is 11.9. The molecule has 0 saturated carbocycles. The molecule has 0 amide bonds. The molecular weight excluding hydrogens is 1100 g/mol. The Morgan fingerprint density at radius 2 is 0.325 bits per heavy atom. The number of rotatable bonds is 76. The summed E-state index contributed by atoms with van der Waals surface area (Å²) in [7, 11) is 0. The Morgan fingerprint density at radius 1 is 0.217 bits per heavy atom. The highest BCUT2D eigenvalue weighted by Gasteiger charge is 2.26. The minimum atomic E-state index is -0.467. The Kier molecular flexibility index (Phi) is 71.6. The van der Waals surface area contributed by atoms with Crippen molar-refractivity contribution in [2.75, 3.05) is 330 Å². The summed E-state index contributed by atoms with van der Waals surface area (Å²) in [6.07, 6.45) is 0.729. The van der Waals surface area contributed by atoms with Crippen LogP contribution in [0.2, 0.25) is 0 Å². The second-order valence-corrected chi connectivity index (χ2v) is 17.8. The highest BCUT2D eigenvalue weighted by Crippen LogP contribution is 2.21. The smallest absolute Gasteiger partial charge is 0.311 e. The molecule has 0 aromatic heterocycles. The number of hydrogen-bond donors (Lipinski definition) is 1. The van der Waals surface area contributed by atoms with E-state index >= 15 is 0 Å². The monoisotopic (exact) mass is 1220 g/mol. The van der Waals surface area contributed by atoms with Crippen molar-refractivity contribution in [3.05, 3.63) is 0 Å². The lowest BCUT2D eigenvalue weighted by Crippen LogP contribution is -2.27. The van der Waals surface area contributed by atoms with Crippen LogP contribution in [-0.4, -0.2) is 341 Å². The Bertz CT molecular complexity index is 1200. The van der Waals surface area contributed by atoms with Gasteiger partial charge in [0.1, 0.15) is 6.61 Å². The number of hydrogen-bond acceptors (Lipinski definition) is 27. The van der Waals surface area contributed by atoms with Gasteiger partial charge in [-0.05, 0) is 20.3 Å². The Labute approximate surface area is 496 Å². The van der Waals surface area contributed by atoms with Gasteiger partial charge in [-0.25, -0.2) is 0 Å². The molecule has 0 aliphatic rings. The first kappa shape index (κ1) is 81.5. The minimum absolute atomic E-state index is 0.0170.